The molecule has 1 aromatic carbocycles. The van der Waals surface area contributed by atoms with Gasteiger partial charge in [-0.15, -0.1) is 0 Å². The summed E-state index contributed by atoms with van der Waals surface area (Å²) in [6.07, 6.45) is 5.78. The van der Waals surface area contributed by atoms with Crippen molar-refractivity contribution < 1.29 is 9.53 Å². The highest BCUT2D eigenvalue weighted by Gasteiger charge is 2.28. The van der Waals surface area contributed by atoms with E-state index in [9.17, 15) is 4.79 Å². The van der Waals surface area contributed by atoms with Crippen LogP contribution in [0.1, 0.15) is 44.6 Å². The monoisotopic (exact) mass is 276 g/mol. The van der Waals surface area contributed by atoms with Crippen molar-refractivity contribution in [2.45, 2.75) is 51.1 Å². The van der Waals surface area contributed by atoms with Gasteiger partial charge < -0.3 is 15.8 Å². The number of amides is 1. The van der Waals surface area contributed by atoms with Gasteiger partial charge in [0.05, 0.1) is 0 Å². The third-order valence-corrected chi connectivity index (χ3v) is 3.93. The SMILES string of the molecule is CC1(NC(=O)COc2ccc(CN)cc2)CCCCC1. The molecule has 1 amide bonds. The summed E-state index contributed by atoms with van der Waals surface area (Å²) < 4.78 is 5.50. The minimum atomic E-state index is -0.0535. The third-order valence-electron chi connectivity index (χ3n) is 3.93. The number of hydrogen-bond donors (Lipinski definition) is 2. The summed E-state index contributed by atoms with van der Waals surface area (Å²) in [6, 6.07) is 7.51. The van der Waals surface area contributed by atoms with Crippen LogP contribution >= 0.6 is 0 Å². The molecule has 0 bridgehead atoms. The molecule has 0 aromatic heterocycles. The highest BCUT2D eigenvalue weighted by molar-refractivity contribution is 5.78. The van der Waals surface area contributed by atoms with Crippen LogP contribution in [0.25, 0.3) is 0 Å². The van der Waals surface area contributed by atoms with Crippen molar-refractivity contribution in [1.29, 1.82) is 0 Å². The van der Waals surface area contributed by atoms with Crippen LogP contribution in [-0.2, 0) is 11.3 Å². The van der Waals surface area contributed by atoms with Gasteiger partial charge in [0.15, 0.2) is 6.61 Å². The molecule has 0 aliphatic heterocycles. The van der Waals surface area contributed by atoms with E-state index in [-0.39, 0.29) is 18.1 Å². The number of carbonyl (C=O) groups excluding carboxylic acids is 1. The fourth-order valence-corrected chi connectivity index (χ4v) is 2.70. The third kappa shape index (κ3) is 4.23. The molecule has 1 aliphatic carbocycles. The van der Waals surface area contributed by atoms with Gasteiger partial charge in [-0.25, -0.2) is 0 Å². The first-order valence-corrected chi connectivity index (χ1v) is 7.34. The maximum Gasteiger partial charge on any atom is 0.258 e. The molecule has 2 rings (SSSR count). The Morgan fingerprint density at radius 3 is 2.50 bits per heavy atom. The molecule has 110 valence electrons. The topological polar surface area (TPSA) is 64.3 Å². The molecule has 3 N–H and O–H groups in total. The van der Waals surface area contributed by atoms with E-state index in [1.807, 2.05) is 24.3 Å². The standard InChI is InChI=1S/C16H24N2O2/c1-16(9-3-2-4-10-16)18-15(19)12-20-14-7-5-13(11-17)6-8-14/h5-8H,2-4,9-12,17H2,1H3,(H,18,19). The number of rotatable bonds is 5. The van der Waals surface area contributed by atoms with Crippen LogP contribution in [-0.4, -0.2) is 18.1 Å². The Labute approximate surface area is 120 Å². The molecule has 1 aliphatic rings. The molecule has 4 heteroatoms. The molecule has 0 spiro atoms. The van der Waals surface area contributed by atoms with Gasteiger partial charge >= 0.3 is 0 Å². The summed E-state index contributed by atoms with van der Waals surface area (Å²) in [5, 5.41) is 3.10. The first kappa shape index (κ1) is 14.9. The van der Waals surface area contributed by atoms with Crippen molar-refractivity contribution in [3.63, 3.8) is 0 Å². The molecule has 0 saturated heterocycles. The van der Waals surface area contributed by atoms with E-state index in [0.717, 1.165) is 18.4 Å². The Balaban J connectivity index is 1.79. The van der Waals surface area contributed by atoms with E-state index in [1.165, 1.54) is 19.3 Å². The van der Waals surface area contributed by atoms with Crippen LogP contribution in [0.3, 0.4) is 0 Å². The number of nitrogens with two attached hydrogens (primary N) is 1. The fraction of sp³-hybridized carbons (Fsp3) is 0.562. The molecule has 20 heavy (non-hydrogen) atoms. The minimum absolute atomic E-state index is 0.0442. The van der Waals surface area contributed by atoms with Crippen LogP contribution < -0.4 is 15.8 Å². The van der Waals surface area contributed by atoms with Crippen LogP contribution in [0, 0.1) is 0 Å². The van der Waals surface area contributed by atoms with Crippen molar-refractivity contribution in [2.75, 3.05) is 6.61 Å². The van der Waals surface area contributed by atoms with Gasteiger partial charge in [-0.05, 0) is 37.5 Å². The highest BCUT2D eigenvalue weighted by Crippen LogP contribution is 2.27. The molecule has 0 radical (unpaired) electrons. The largest absolute Gasteiger partial charge is 0.484 e. The Kier molecular flexibility index (Phi) is 5.01. The average molecular weight is 276 g/mol. The Bertz CT molecular complexity index is 436. The maximum atomic E-state index is 12.0. The number of ether oxygens (including phenoxy) is 1. The van der Waals surface area contributed by atoms with Crippen LogP contribution in [0.2, 0.25) is 0 Å². The van der Waals surface area contributed by atoms with Crippen molar-refractivity contribution in [2.24, 2.45) is 5.73 Å². The quantitative estimate of drug-likeness (QED) is 0.867. The average Bonchev–Trinajstić information content (AvgIpc) is 2.46. The van der Waals surface area contributed by atoms with Crippen molar-refractivity contribution in [3.8, 4) is 5.75 Å². The molecule has 0 heterocycles. The summed E-state index contributed by atoms with van der Waals surface area (Å²) in [4.78, 5) is 12.0. The first-order valence-electron chi connectivity index (χ1n) is 7.34. The van der Waals surface area contributed by atoms with E-state index in [1.54, 1.807) is 0 Å². The lowest BCUT2D eigenvalue weighted by Crippen LogP contribution is -2.48. The number of benzene rings is 1. The van der Waals surface area contributed by atoms with Crippen molar-refractivity contribution in [1.82, 2.24) is 5.32 Å². The Morgan fingerprint density at radius 2 is 1.90 bits per heavy atom. The normalized spacial score (nSPS) is 17.5. The van der Waals surface area contributed by atoms with Crippen LogP contribution in [0.4, 0.5) is 0 Å². The lowest BCUT2D eigenvalue weighted by molar-refractivity contribution is -0.125. The predicted octanol–water partition coefficient (Wildman–Crippen LogP) is 2.36. The Morgan fingerprint density at radius 1 is 1.25 bits per heavy atom. The molecular weight excluding hydrogens is 252 g/mol. The molecule has 1 saturated carbocycles. The molecule has 1 aromatic rings. The highest BCUT2D eigenvalue weighted by atomic mass is 16.5. The van der Waals surface area contributed by atoms with Gasteiger partial charge in [0, 0.05) is 12.1 Å². The second kappa shape index (κ2) is 6.75. The van der Waals surface area contributed by atoms with Gasteiger partial charge in [0.2, 0.25) is 0 Å². The molecule has 4 nitrogen and oxygen atoms in total. The zero-order valence-corrected chi connectivity index (χ0v) is 12.2. The smallest absolute Gasteiger partial charge is 0.258 e. The molecule has 1 fully saturated rings. The maximum absolute atomic E-state index is 12.0. The van der Waals surface area contributed by atoms with Gasteiger partial charge in [0.25, 0.3) is 5.91 Å². The van der Waals surface area contributed by atoms with Crippen LogP contribution in [0.15, 0.2) is 24.3 Å². The summed E-state index contributed by atoms with van der Waals surface area (Å²) >= 11 is 0. The number of hydrogen-bond acceptors (Lipinski definition) is 3. The van der Waals surface area contributed by atoms with E-state index in [2.05, 4.69) is 12.2 Å². The lowest BCUT2D eigenvalue weighted by atomic mass is 9.83. The van der Waals surface area contributed by atoms with Gasteiger partial charge in [0.1, 0.15) is 5.75 Å². The summed E-state index contributed by atoms with van der Waals surface area (Å²) in [5.41, 5.74) is 6.53. The van der Waals surface area contributed by atoms with Gasteiger partial charge in [-0.2, -0.15) is 0 Å². The molecular formula is C16H24N2O2. The Hall–Kier alpha value is -1.55. The second-order valence-electron chi connectivity index (χ2n) is 5.81. The van der Waals surface area contributed by atoms with E-state index >= 15 is 0 Å². The van der Waals surface area contributed by atoms with Gasteiger partial charge in [-0.1, -0.05) is 31.4 Å². The fourth-order valence-electron chi connectivity index (χ4n) is 2.70. The zero-order chi connectivity index (χ0) is 14.4. The van der Waals surface area contributed by atoms with Gasteiger partial charge in [-0.3, -0.25) is 4.79 Å². The van der Waals surface area contributed by atoms with Crippen molar-refractivity contribution in [3.05, 3.63) is 29.8 Å². The number of nitrogens with one attached hydrogen (secondary N) is 1. The molecule has 0 unspecified atom stereocenters. The molecule has 0 atom stereocenters. The summed E-state index contributed by atoms with van der Waals surface area (Å²) in [6.45, 7) is 2.71. The second-order valence-corrected chi connectivity index (χ2v) is 5.81. The first-order chi connectivity index (χ1) is 9.61. The zero-order valence-electron chi connectivity index (χ0n) is 12.2. The predicted molar refractivity (Wildman–Crippen MR) is 79.5 cm³/mol. The van der Waals surface area contributed by atoms with Crippen LogP contribution in [0.5, 0.6) is 5.75 Å². The van der Waals surface area contributed by atoms with E-state index in [0.29, 0.717) is 12.3 Å². The lowest BCUT2D eigenvalue weighted by Gasteiger charge is -2.34. The minimum Gasteiger partial charge on any atom is -0.484 e. The van der Waals surface area contributed by atoms with E-state index < -0.39 is 0 Å². The number of carbonyl (C=O) groups is 1. The van der Waals surface area contributed by atoms with Crippen molar-refractivity contribution >= 4 is 5.91 Å². The summed E-state index contributed by atoms with van der Waals surface area (Å²) in [5.74, 6) is 0.656. The summed E-state index contributed by atoms with van der Waals surface area (Å²) in [7, 11) is 0. The van der Waals surface area contributed by atoms with E-state index in [4.69, 9.17) is 10.5 Å².